The van der Waals surface area contributed by atoms with Gasteiger partial charge in [-0.1, -0.05) is 18.2 Å². The first-order valence-corrected chi connectivity index (χ1v) is 6.30. The van der Waals surface area contributed by atoms with Crippen molar-refractivity contribution in [3.8, 4) is 5.75 Å². The summed E-state index contributed by atoms with van der Waals surface area (Å²) in [6.07, 6.45) is -0.862. The lowest BCUT2D eigenvalue weighted by molar-refractivity contribution is 0.105. The molecule has 0 fully saturated rings. The van der Waals surface area contributed by atoms with E-state index in [9.17, 15) is 13.9 Å². The van der Waals surface area contributed by atoms with E-state index in [4.69, 9.17) is 4.74 Å². The van der Waals surface area contributed by atoms with E-state index in [2.05, 4.69) is 0 Å². The van der Waals surface area contributed by atoms with E-state index in [1.807, 2.05) is 26.0 Å². The number of rotatable bonds is 4. The quantitative estimate of drug-likeness (QED) is 0.924. The Hall–Kier alpha value is -1.94. The summed E-state index contributed by atoms with van der Waals surface area (Å²) >= 11 is 0. The number of ether oxygens (including phenoxy) is 1. The molecule has 0 aromatic heterocycles. The van der Waals surface area contributed by atoms with E-state index >= 15 is 0 Å². The van der Waals surface area contributed by atoms with E-state index in [-0.39, 0.29) is 12.4 Å². The van der Waals surface area contributed by atoms with Gasteiger partial charge in [0.05, 0.1) is 0 Å². The van der Waals surface area contributed by atoms with E-state index in [0.29, 0.717) is 5.56 Å². The van der Waals surface area contributed by atoms with Crippen LogP contribution in [0, 0.1) is 25.5 Å². The average molecular weight is 278 g/mol. The van der Waals surface area contributed by atoms with Crippen LogP contribution in [-0.2, 0) is 0 Å². The molecule has 1 atom stereocenters. The van der Waals surface area contributed by atoms with Crippen molar-refractivity contribution in [3.05, 3.63) is 64.7 Å². The smallest absolute Gasteiger partial charge is 0.167 e. The van der Waals surface area contributed by atoms with Crippen molar-refractivity contribution in [1.29, 1.82) is 0 Å². The third kappa shape index (κ3) is 3.33. The van der Waals surface area contributed by atoms with Crippen LogP contribution in [0.5, 0.6) is 5.75 Å². The van der Waals surface area contributed by atoms with Gasteiger partial charge in [-0.15, -0.1) is 0 Å². The Morgan fingerprint density at radius 1 is 1.05 bits per heavy atom. The molecule has 2 rings (SSSR count). The molecule has 2 aromatic rings. The van der Waals surface area contributed by atoms with Crippen LogP contribution in [0.4, 0.5) is 8.78 Å². The first kappa shape index (κ1) is 14.5. The predicted octanol–water partition coefficient (Wildman–Crippen LogP) is 3.69. The molecule has 0 bridgehead atoms. The molecule has 0 aliphatic carbocycles. The zero-order valence-electron chi connectivity index (χ0n) is 11.4. The lowest BCUT2D eigenvalue weighted by Crippen LogP contribution is -2.10. The van der Waals surface area contributed by atoms with Gasteiger partial charge in [-0.25, -0.2) is 8.78 Å². The summed E-state index contributed by atoms with van der Waals surface area (Å²) in [5.41, 5.74) is 2.90. The van der Waals surface area contributed by atoms with Crippen molar-refractivity contribution >= 4 is 0 Å². The predicted molar refractivity (Wildman–Crippen MR) is 72.7 cm³/mol. The number of halogens is 2. The maximum Gasteiger partial charge on any atom is 0.167 e. The molecule has 0 aliphatic heterocycles. The molecule has 20 heavy (non-hydrogen) atoms. The Labute approximate surface area is 116 Å². The molecule has 2 aromatic carbocycles. The third-order valence-corrected chi connectivity index (χ3v) is 3.21. The standard InChI is InChI=1S/C16H16F2O2/c1-10-3-4-12(7-11(10)2)15(19)9-20-16-6-5-13(17)8-14(16)18/h3-8,15,19H,9H2,1-2H3. The first-order valence-electron chi connectivity index (χ1n) is 6.30. The average Bonchev–Trinajstić information content (AvgIpc) is 2.40. The molecule has 0 heterocycles. The first-order chi connectivity index (χ1) is 9.47. The largest absolute Gasteiger partial charge is 0.487 e. The van der Waals surface area contributed by atoms with Crippen molar-refractivity contribution < 1.29 is 18.6 Å². The second kappa shape index (κ2) is 6.01. The van der Waals surface area contributed by atoms with E-state index in [0.717, 1.165) is 23.3 Å². The molecule has 0 saturated carbocycles. The summed E-state index contributed by atoms with van der Waals surface area (Å²) in [5.74, 6) is -1.52. The molecule has 2 nitrogen and oxygen atoms in total. The van der Waals surface area contributed by atoms with Crippen LogP contribution < -0.4 is 4.74 Å². The molecular formula is C16H16F2O2. The van der Waals surface area contributed by atoms with Crippen LogP contribution in [0.25, 0.3) is 0 Å². The molecule has 106 valence electrons. The van der Waals surface area contributed by atoms with Gasteiger partial charge in [-0.2, -0.15) is 0 Å². The highest BCUT2D eigenvalue weighted by Gasteiger charge is 2.11. The monoisotopic (exact) mass is 278 g/mol. The van der Waals surface area contributed by atoms with Crippen molar-refractivity contribution in [2.45, 2.75) is 20.0 Å². The van der Waals surface area contributed by atoms with Gasteiger partial charge in [-0.05, 0) is 42.7 Å². The number of hydrogen-bond donors (Lipinski definition) is 1. The minimum atomic E-state index is -0.862. The molecule has 0 amide bonds. The summed E-state index contributed by atoms with van der Waals surface area (Å²) in [6, 6.07) is 8.64. The summed E-state index contributed by atoms with van der Waals surface area (Å²) in [4.78, 5) is 0. The highest BCUT2D eigenvalue weighted by Crippen LogP contribution is 2.21. The van der Waals surface area contributed by atoms with Crippen LogP contribution in [-0.4, -0.2) is 11.7 Å². The zero-order valence-corrected chi connectivity index (χ0v) is 11.4. The second-order valence-electron chi connectivity index (χ2n) is 4.75. The minimum Gasteiger partial charge on any atom is -0.487 e. The fraction of sp³-hybridized carbons (Fsp3) is 0.250. The second-order valence-corrected chi connectivity index (χ2v) is 4.75. The number of benzene rings is 2. The SMILES string of the molecule is Cc1ccc(C(O)COc2ccc(F)cc2F)cc1C. The topological polar surface area (TPSA) is 29.5 Å². The van der Waals surface area contributed by atoms with Crippen molar-refractivity contribution in [1.82, 2.24) is 0 Å². The highest BCUT2D eigenvalue weighted by molar-refractivity contribution is 5.31. The van der Waals surface area contributed by atoms with E-state index in [1.54, 1.807) is 6.07 Å². The van der Waals surface area contributed by atoms with Gasteiger partial charge in [-0.3, -0.25) is 0 Å². The number of aliphatic hydroxyl groups is 1. The maximum absolute atomic E-state index is 13.4. The molecule has 4 heteroatoms. The summed E-state index contributed by atoms with van der Waals surface area (Å²) in [6.45, 7) is 3.84. The maximum atomic E-state index is 13.4. The molecule has 0 spiro atoms. The zero-order chi connectivity index (χ0) is 14.7. The third-order valence-electron chi connectivity index (χ3n) is 3.21. The summed E-state index contributed by atoms with van der Waals surface area (Å²) in [5, 5.41) is 10.0. The van der Waals surface area contributed by atoms with Crippen LogP contribution in [0.15, 0.2) is 36.4 Å². The van der Waals surface area contributed by atoms with Gasteiger partial charge >= 0.3 is 0 Å². The Morgan fingerprint density at radius 2 is 1.80 bits per heavy atom. The van der Waals surface area contributed by atoms with Crippen LogP contribution in [0.3, 0.4) is 0 Å². The Balaban J connectivity index is 2.04. The normalized spacial score (nSPS) is 12.2. The van der Waals surface area contributed by atoms with Gasteiger partial charge in [0.2, 0.25) is 0 Å². The Bertz CT molecular complexity index is 611. The molecule has 0 saturated heterocycles. The van der Waals surface area contributed by atoms with Crippen LogP contribution >= 0.6 is 0 Å². The van der Waals surface area contributed by atoms with Gasteiger partial charge < -0.3 is 9.84 Å². The number of hydrogen-bond acceptors (Lipinski definition) is 2. The number of aliphatic hydroxyl groups excluding tert-OH is 1. The Morgan fingerprint density at radius 3 is 2.45 bits per heavy atom. The molecule has 1 unspecified atom stereocenters. The lowest BCUT2D eigenvalue weighted by atomic mass is 10.0. The molecular weight excluding hydrogens is 262 g/mol. The fourth-order valence-electron chi connectivity index (χ4n) is 1.83. The number of aryl methyl sites for hydroxylation is 2. The molecule has 1 N–H and O–H groups in total. The van der Waals surface area contributed by atoms with E-state index in [1.165, 1.54) is 6.07 Å². The summed E-state index contributed by atoms with van der Waals surface area (Å²) in [7, 11) is 0. The molecule has 0 aliphatic rings. The van der Waals surface area contributed by atoms with Gasteiger partial charge in [0, 0.05) is 6.07 Å². The van der Waals surface area contributed by atoms with Crippen molar-refractivity contribution in [2.75, 3.05) is 6.61 Å². The van der Waals surface area contributed by atoms with Gasteiger partial charge in [0.15, 0.2) is 11.6 Å². The van der Waals surface area contributed by atoms with Crippen LogP contribution in [0.2, 0.25) is 0 Å². The van der Waals surface area contributed by atoms with Crippen LogP contribution in [0.1, 0.15) is 22.8 Å². The molecule has 0 radical (unpaired) electrons. The van der Waals surface area contributed by atoms with E-state index < -0.39 is 17.7 Å². The van der Waals surface area contributed by atoms with Gasteiger partial charge in [0.25, 0.3) is 0 Å². The van der Waals surface area contributed by atoms with Crippen molar-refractivity contribution in [2.24, 2.45) is 0 Å². The Kier molecular flexibility index (Phi) is 4.35. The fourth-order valence-corrected chi connectivity index (χ4v) is 1.83. The highest BCUT2D eigenvalue weighted by atomic mass is 19.1. The lowest BCUT2D eigenvalue weighted by Gasteiger charge is -2.14. The van der Waals surface area contributed by atoms with Gasteiger partial charge in [0.1, 0.15) is 18.5 Å². The van der Waals surface area contributed by atoms with Crippen molar-refractivity contribution in [3.63, 3.8) is 0 Å². The summed E-state index contributed by atoms with van der Waals surface area (Å²) < 4.78 is 31.3. The minimum absolute atomic E-state index is 0.0747.